The van der Waals surface area contributed by atoms with Crippen LogP contribution in [0.1, 0.15) is 0 Å². The Hall–Kier alpha value is 1.48. The molecule has 10 aliphatic heterocycles. The second kappa shape index (κ2) is 0.607. The SMILES string of the molecule is CP(C)[C]12[CH]3[CH]4[CH]5[C]1(P(C)C)[Ru]43521678[CH]2[CH]1[CH]6[CH]7[CH]28. The first-order chi connectivity index (χ1) is 7.82. The summed E-state index contributed by atoms with van der Waals surface area (Å²) in [6.07, 6.45) is 0. The van der Waals surface area contributed by atoms with Crippen LogP contribution in [0.25, 0.3) is 0 Å². The van der Waals surface area contributed by atoms with Crippen molar-refractivity contribution < 1.29 is 7.72 Å². The van der Waals surface area contributed by atoms with E-state index in [4.69, 9.17) is 0 Å². The van der Waals surface area contributed by atoms with Crippen LogP contribution in [0.3, 0.4) is 0 Å². The molecule has 10 saturated heterocycles. The Morgan fingerprint density at radius 3 is 1.12 bits per heavy atom. The summed E-state index contributed by atoms with van der Waals surface area (Å²) in [6.45, 7) is 11.0. The third-order valence-corrected chi connectivity index (χ3v) is 102. The Balaban J connectivity index is 1.75. The molecule has 10 heterocycles. The van der Waals surface area contributed by atoms with Crippen LogP contribution in [0.15, 0.2) is 0 Å². The van der Waals surface area contributed by atoms with Crippen LogP contribution in [-0.4, -0.2) is 34.2 Å². The fraction of sp³-hybridized carbons (Fsp3) is 1.00. The van der Waals surface area contributed by atoms with E-state index in [0.29, 0.717) is 15.8 Å². The Kier molecular flexibility index (Phi) is 0.267. The summed E-state index contributed by atoms with van der Waals surface area (Å²) in [5, 5.41) is 0. The first-order valence-electron chi connectivity index (χ1n) is 7.38. The van der Waals surface area contributed by atoms with Crippen molar-refractivity contribution in [2.45, 2.75) is 43.6 Å². The molecule has 0 N–H and O–H groups in total. The average molecular weight is 351 g/mol. The number of rotatable bonds is 2. The van der Waals surface area contributed by atoms with Crippen molar-refractivity contribution in [2.75, 3.05) is 26.7 Å². The van der Waals surface area contributed by atoms with Gasteiger partial charge in [0.15, 0.2) is 0 Å². The van der Waals surface area contributed by atoms with E-state index >= 15 is 0 Å². The van der Waals surface area contributed by atoms with Crippen molar-refractivity contribution in [2.24, 2.45) is 0 Å². The zero-order chi connectivity index (χ0) is 11.1. The van der Waals surface area contributed by atoms with Crippen molar-refractivity contribution in [3.63, 3.8) is 0 Å². The summed E-state index contributed by atoms with van der Waals surface area (Å²) in [4.78, 5) is 0. The average Bonchev–Trinajstić information content (AvgIpc) is 3.22. The molecular weight excluding hydrogens is 331 g/mol. The Morgan fingerprint density at radius 2 is 1.00 bits per heavy atom. The van der Waals surface area contributed by atoms with E-state index in [1.165, 1.54) is 7.50 Å². The zero-order valence-corrected chi connectivity index (χ0v) is 14.4. The molecule has 0 radical (unpaired) electrons. The van der Waals surface area contributed by atoms with Gasteiger partial charge >= 0.3 is 93.8 Å². The van der Waals surface area contributed by atoms with Gasteiger partial charge in [-0.3, -0.25) is 0 Å². The molecule has 0 amide bonds. The summed E-state index contributed by atoms with van der Waals surface area (Å²) < 4.78 is 14.9. The molecule has 0 bridgehead atoms. The third kappa shape index (κ3) is 0.0725. The van der Waals surface area contributed by atoms with Crippen LogP contribution in [0.5, 0.6) is 0 Å². The summed E-state index contributed by atoms with van der Waals surface area (Å²) in [5.41, 5.74) is 0. The van der Waals surface area contributed by atoms with Crippen LogP contribution >= 0.6 is 15.8 Å². The fourth-order valence-corrected chi connectivity index (χ4v) is 205. The summed E-state index contributed by atoms with van der Waals surface area (Å²) in [6, 6.07) is 0. The van der Waals surface area contributed by atoms with E-state index in [2.05, 4.69) is 26.7 Å². The minimum absolute atomic E-state index is 0.425. The monoisotopic (exact) mass is 352 g/mol. The van der Waals surface area contributed by atoms with Crippen molar-refractivity contribution >= 4 is 15.8 Å². The zero-order valence-electron chi connectivity index (χ0n) is 10.9. The Bertz CT molecular complexity index is 908. The molecule has 0 aromatic heterocycles. The molecule has 1 spiro atoms. The van der Waals surface area contributed by atoms with Gasteiger partial charge < -0.3 is 0 Å². The molecule has 0 nitrogen and oxygen atoms in total. The second-order valence-corrected chi connectivity index (χ2v) is 54.3. The molecule has 3 heteroatoms. The van der Waals surface area contributed by atoms with Gasteiger partial charge in [0.1, 0.15) is 0 Å². The first kappa shape index (κ1) is 7.48. The van der Waals surface area contributed by atoms with Gasteiger partial charge in [-0.15, -0.1) is 0 Å². The van der Waals surface area contributed by atoms with Gasteiger partial charge in [0.2, 0.25) is 0 Å². The van der Waals surface area contributed by atoms with Gasteiger partial charge in [-0.25, -0.2) is 0 Å². The van der Waals surface area contributed by atoms with E-state index < -0.39 is 7.72 Å². The number of hydrogen-bond acceptors (Lipinski definition) is 0. The molecule has 0 saturated carbocycles. The van der Waals surface area contributed by atoms with Crippen LogP contribution in [0, 0.1) is 0 Å². The molecule has 17 heavy (non-hydrogen) atoms. The van der Waals surface area contributed by atoms with Gasteiger partial charge in [0, 0.05) is 0 Å². The molecule has 94 valence electrons. The van der Waals surface area contributed by atoms with Crippen molar-refractivity contribution in [1.29, 1.82) is 0 Å². The van der Waals surface area contributed by atoms with Crippen LogP contribution < -0.4 is 0 Å². The first-order valence-corrected chi connectivity index (χ1v) is 21.6. The van der Waals surface area contributed by atoms with E-state index in [1.807, 2.05) is 0 Å². The molecular formula is C14H20P2Ru. The number of fused-ring (bicyclic) bond motifs is 10. The van der Waals surface area contributed by atoms with Crippen LogP contribution in [0.4, 0.5) is 0 Å². The quantitative estimate of drug-likeness (QED) is 0.501. The van der Waals surface area contributed by atoms with E-state index in [1.54, 1.807) is 36.1 Å². The molecule has 10 fully saturated rings. The Labute approximate surface area is 93.5 Å². The molecule has 0 aromatic rings. The molecule has 4 unspecified atom stereocenters. The molecule has 10 rings (SSSR count). The minimum atomic E-state index is -3.12. The van der Waals surface area contributed by atoms with E-state index in [-0.39, 0.29) is 0 Å². The van der Waals surface area contributed by atoms with Gasteiger partial charge in [-0.2, -0.15) is 0 Å². The predicted octanol–water partition coefficient (Wildman–Crippen LogP) is 4.67. The van der Waals surface area contributed by atoms with Crippen molar-refractivity contribution in [3.05, 3.63) is 0 Å². The van der Waals surface area contributed by atoms with E-state index in [9.17, 15) is 0 Å². The summed E-state index contributed by atoms with van der Waals surface area (Å²) in [7, 11) is -2.27. The number of hydrogen-bond donors (Lipinski definition) is 0. The topological polar surface area (TPSA) is 0 Å². The molecule has 4 atom stereocenters. The van der Waals surface area contributed by atoms with Crippen molar-refractivity contribution in [1.82, 2.24) is 0 Å². The Morgan fingerprint density at radius 1 is 0.647 bits per heavy atom. The molecule has 0 aromatic carbocycles. The molecule has 0 aliphatic carbocycles. The van der Waals surface area contributed by atoms with Gasteiger partial charge in [0.25, 0.3) is 0 Å². The van der Waals surface area contributed by atoms with Gasteiger partial charge in [-0.05, 0) is 0 Å². The maximum absolute atomic E-state index is 3.12. The third-order valence-electron chi connectivity index (χ3n) is 16.0. The van der Waals surface area contributed by atoms with Crippen LogP contribution in [0.2, 0.25) is 36.1 Å². The summed E-state index contributed by atoms with van der Waals surface area (Å²) in [5.74, 6) is 0. The standard InChI is InChI=1S/C9H15P2.C5H5.Ru/c1-10(2)8-6-5-7-9(8)11(3)4;1-2-4-5-3-1;/h5-7H,1-4H3;1-5H;. The summed E-state index contributed by atoms with van der Waals surface area (Å²) >= 11 is 0. The van der Waals surface area contributed by atoms with Crippen molar-refractivity contribution in [3.8, 4) is 0 Å². The normalized spacial score (nSPS) is 124. The second-order valence-electron chi connectivity index (χ2n) is 11.5. The maximum atomic E-state index is 2.74. The van der Waals surface area contributed by atoms with Gasteiger partial charge in [0.05, 0.1) is 0 Å². The molecule has 10 aliphatic rings. The van der Waals surface area contributed by atoms with Crippen LogP contribution in [-0.2, 0) is 7.72 Å². The fourth-order valence-electron chi connectivity index (χ4n) is 18.9. The van der Waals surface area contributed by atoms with Gasteiger partial charge in [-0.1, -0.05) is 0 Å². The van der Waals surface area contributed by atoms with E-state index in [0.717, 1.165) is 0 Å². The predicted molar refractivity (Wildman–Crippen MR) is 73.0 cm³/mol.